The normalized spacial score (nSPS) is 26.2. The van der Waals surface area contributed by atoms with Crippen LogP contribution in [0.5, 0.6) is 0 Å². The lowest BCUT2D eigenvalue weighted by molar-refractivity contribution is -0.132. The fourth-order valence-electron chi connectivity index (χ4n) is 3.19. The molecule has 4 heteroatoms. The smallest absolute Gasteiger partial charge is 0.223 e. The van der Waals surface area contributed by atoms with E-state index in [4.69, 9.17) is 0 Å². The second kappa shape index (κ2) is 5.59. The van der Waals surface area contributed by atoms with E-state index in [-0.39, 0.29) is 0 Å². The van der Waals surface area contributed by atoms with Gasteiger partial charge in [0.05, 0.1) is 12.6 Å². The summed E-state index contributed by atoms with van der Waals surface area (Å²) < 4.78 is 1.94. The standard InChI is InChI=1S/C15H21N3O/c19-15(11-13-5-1-2-6-13)18-10-3-7-14(18)12-17-9-4-8-16-17/h1,4-5,8-9,13-14H,2-3,6-7,10-12H2/t13-,14+/m0/s1. The third-order valence-corrected chi connectivity index (χ3v) is 4.20. The number of allylic oxidation sites excluding steroid dienone is 2. The highest BCUT2D eigenvalue weighted by molar-refractivity contribution is 5.77. The molecule has 4 nitrogen and oxygen atoms in total. The average Bonchev–Trinajstić information content (AvgIpc) is 3.10. The van der Waals surface area contributed by atoms with Crippen LogP contribution in [-0.2, 0) is 11.3 Å². The van der Waals surface area contributed by atoms with Crippen molar-refractivity contribution in [2.75, 3.05) is 6.54 Å². The Balaban J connectivity index is 1.58. The van der Waals surface area contributed by atoms with Gasteiger partial charge >= 0.3 is 0 Å². The van der Waals surface area contributed by atoms with Crippen LogP contribution in [0.1, 0.15) is 32.1 Å². The molecule has 2 heterocycles. The monoisotopic (exact) mass is 259 g/mol. The predicted molar refractivity (Wildman–Crippen MR) is 73.4 cm³/mol. The summed E-state index contributed by atoms with van der Waals surface area (Å²) in [6, 6.07) is 2.27. The Kier molecular flexibility index (Phi) is 3.67. The van der Waals surface area contributed by atoms with Gasteiger partial charge in [0.1, 0.15) is 0 Å². The first-order valence-corrected chi connectivity index (χ1v) is 7.26. The van der Waals surface area contributed by atoms with Crippen LogP contribution < -0.4 is 0 Å². The van der Waals surface area contributed by atoms with Crippen molar-refractivity contribution in [1.82, 2.24) is 14.7 Å². The molecule has 1 aliphatic carbocycles. The Morgan fingerprint density at radius 2 is 2.32 bits per heavy atom. The molecular weight excluding hydrogens is 238 g/mol. The lowest BCUT2D eigenvalue weighted by atomic mass is 10.0. The van der Waals surface area contributed by atoms with Gasteiger partial charge in [0, 0.05) is 25.4 Å². The van der Waals surface area contributed by atoms with Crippen LogP contribution >= 0.6 is 0 Å². The van der Waals surface area contributed by atoms with Gasteiger partial charge in [-0.2, -0.15) is 5.10 Å². The van der Waals surface area contributed by atoms with E-state index >= 15 is 0 Å². The second-order valence-corrected chi connectivity index (χ2v) is 5.58. The number of carbonyl (C=O) groups is 1. The molecule has 0 unspecified atom stereocenters. The van der Waals surface area contributed by atoms with Crippen molar-refractivity contribution < 1.29 is 4.79 Å². The van der Waals surface area contributed by atoms with Gasteiger partial charge in [0.15, 0.2) is 0 Å². The quantitative estimate of drug-likeness (QED) is 0.778. The minimum absolute atomic E-state index is 0.325. The summed E-state index contributed by atoms with van der Waals surface area (Å²) in [5.41, 5.74) is 0. The van der Waals surface area contributed by atoms with Crippen molar-refractivity contribution in [3.05, 3.63) is 30.6 Å². The Labute approximate surface area is 114 Å². The zero-order chi connectivity index (χ0) is 13.1. The van der Waals surface area contributed by atoms with E-state index in [1.807, 2.05) is 16.9 Å². The van der Waals surface area contributed by atoms with Crippen LogP contribution in [0, 0.1) is 5.92 Å². The van der Waals surface area contributed by atoms with E-state index in [1.165, 1.54) is 0 Å². The van der Waals surface area contributed by atoms with Crippen LogP contribution in [0.25, 0.3) is 0 Å². The molecule has 2 atom stereocenters. The number of aromatic nitrogens is 2. The zero-order valence-electron chi connectivity index (χ0n) is 11.2. The largest absolute Gasteiger partial charge is 0.338 e. The molecule has 1 aromatic heterocycles. The van der Waals surface area contributed by atoms with Crippen LogP contribution in [0.3, 0.4) is 0 Å². The Hall–Kier alpha value is -1.58. The highest BCUT2D eigenvalue weighted by Gasteiger charge is 2.30. The fourth-order valence-corrected chi connectivity index (χ4v) is 3.19. The maximum absolute atomic E-state index is 12.4. The summed E-state index contributed by atoms with van der Waals surface area (Å²) in [5.74, 6) is 0.796. The van der Waals surface area contributed by atoms with E-state index in [0.29, 0.717) is 24.3 Å². The first kappa shape index (κ1) is 12.5. The van der Waals surface area contributed by atoms with Gasteiger partial charge in [-0.15, -0.1) is 0 Å². The van der Waals surface area contributed by atoms with Gasteiger partial charge in [-0.1, -0.05) is 12.2 Å². The first-order chi connectivity index (χ1) is 9.33. The molecular formula is C15H21N3O. The molecule has 1 aliphatic heterocycles. The van der Waals surface area contributed by atoms with Gasteiger partial charge in [0.2, 0.25) is 5.91 Å². The maximum Gasteiger partial charge on any atom is 0.223 e. The summed E-state index contributed by atoms with van der Waals surface area (Å²) in [6.45, 7) is 1.75. The van der Waals surface area contributed by atoms with Gasteiger partial charge in [0.25, 0.3) is 0 Å². The third kappa shape index (κ3) is 2.88. The lowest BCUT2D eigenvalue weighted by Crippen LogP contribution is -2.38. The van der Waals surface area contributed by atoms with Crippen LogP contribution in [0.2, 0.25) is 0 Å². The minimum atomic E-state index is 0.325. The molecule has 2 aliphatic rings. The minimum Gasteiger partial charge on any atom is -0.338 e. The van der Waals surface area contributed by atoms with Crippen molar-refractivity contribution in [2.24, 2.45) is 5.92 Å². The number of rotatable bonds is 4. The van der Waals surface area contributed by atoms with E-state index in [0.717, 1.165) is 38.8 Å². The van der Waals surface area contributed by atoms with E-state index in [1.54, 1.807) is 6.20 Å². The topological polar surface area (TPSA) is 38.1 Å². The zero-order valence-corrected chi connectivity index (χ0v) is 11.2. The molecule has 19 heavy (non-hydrogen) atoms. The maximum atomic E-state index is 12.4. The Morgan fingerprint density at radius 1 is 1.37 bits per heavy atom. The SMILES string of the molecule is O=C(C[C@H]1C=CCC1)N1CCC[C@@H]1Cn1cccn1. The molecule has 0 spiro atoms. The van der Waals surface area contributed by atoms with Crippen molar-refractivity contribution in [3.8, 4) is 0 Å². The predicted octanol–water partition coefficient (Wildman–Crippen LogP) is 2.23. The molecule has 102 valence electrons. The average molecular weight is 259 g/mol. The highest BCUT2D eigenvalue weighted by Crippen LogP contribution is 2.25. The number of hydrogen-bond donors (Lipinski definition) is 0. The van der Waals surface area contributed by atoms with Crippen LogP contribution in [-0.4, -0.2) is 33.2 Å². The number of carbonyl (C=O) groups excluding carboxylic acids is 1. The molecule has 0 aromatic carbocycles. The van der Waals surface area contributed by atoms with E-state index < -0.39 is 0 Å². The molecule has 1 aromatic rings. The van der Waals surface area contributed by atoms with Gasteiger partial charge in [-0.3, -0.25) is 9.48 Å². The van der Waals surface area contributed by atoms with E-state index in [2.05, 4.69) is 22.2 Å². The molecule has 1 saturated heterocycles. The molecule has 3 rings (SSSR count). The Bertz CT molecular complexity index is 452. The van der Waals surface area contributed by atoms with Gasteiger partial charge in [-0.25, -0.2) is 0 Å². The van der Waals surface area contributed by atoms with E-state index in [9.17, 15) is 4.79 Å². The molecule has 1 amide bonds. The second-order valence-electron chi connectivity index (χ2n) is 5.58. The van der Waals surface area contributed by atoms with Crippen molar-refractivity contribution >= 4 is 5.91 Å². The summed E-state index contributed by atoms with van der Waals surface area (Å²) in [5, 5.41) is 4.24. The number of amides is 1. The highest BCUT2D eigenvalue weighted by atomic mass is 16.2. The van der Waals surface area contributed by atoms with Crippen LogP contribution in [0.4, 0.5) is 0 Å². The summed E-state index contributed by atoms with van der Waals surface area (Å²) in [4.78, 5) is 14.5. The van der Waals surface area contributed by atoms with Gasteiger partial charge in [-0.05, 0) is 37.7 Å². The number of hydrogen-bond acceptors (Lipinski definition) is 2. The number of nitrogens with zero attached hydrogens (tertiary/aromatic N) is 3. The van der Waals surface area contributed by atoms with Gasteiger partial charge < -0.3 is 4.90 Å². The molecule has 1 fully saturated rings. The Morgan fingerprint density at radius 3 is 3.05 bits per heavy atom. The van der Waals surface area contributed by atoms with Crippen molar-refractivity contribution in [2.45, 2.75) is 44.7 Å². The fraction of sp³-hybridized carbons (Fsp3) is 0.600. The number of likely N-dealkylation sites (tertiary alicyclic amines) is 1. The molecule has 0 bridgehead atoms. The summed E-state index contributed by atoms with van der Waals surface area (Å²) in [6.07, 6.45) is 13.4. The van der Waals surface area contributed by atoms with Crippen molar-refractivity contribution in [3.63, 3.8) is 0 Å². The van der Waals surface area contributed by atoms with Crippen LogP contribution in [0.15, 0.2) is 30.6 Å². The molecule has 0 radical (unpaired) electrons. The molecule has 0 saturated carbocycles. The summed E-state index contributed by atoms with van der Waals surface area (Å²) >= 11 is 0. The first-order valence-electron chi connectivity index (χ1n) is 7.26. The summed E-state index contributed by atoms with van der Waals surface area (Å²) in [7, 11) is 0. The molecule has 0 N–H and O–H groups in total. The van der Waals surface area contributed by atoms with Crippen molar-refractivity contribution in [1.29, 1.82) is 0 Å². The third-order valence-electron chi connectivity index (χ3n) is 4.20. The lowest BCUT2D eigenvalue weighted by Gasteiger charge is -2.25.